The molecule has 0 bridgehead atoms. The zero-order valence-electron chi connectivity index (χ0n) is 12.8. The highest BCUT2D eigenvalue weighted by atomic mass is 32.2. The van der Waals surface area contributed by atoms with Crippen LogP contribution in [0.1, 0.15) is 21.7 Å². The smallest absolute Gasteiger partial charge is 0.265 e. The number of carbonyl (C=O) groups is 1. The van der Waals surface area contributed by atoms with Crippen LogP contribution >= 0.6 is 0 Å². The molecule has 0 radical (unpaired) electrons. The van der Waals surface area contributed by atoms with Gasteiger partial charge in [0.1, 0.15) is 5.82 Å². The molecule has 9 heteroatoms. The molecule has 0 unspecified atom stereocenters. The maximum Gasteiger partial charge on any atom is 0.265 e. The number of nitrogens with two attached hydrogens (primary N) is 1. The molecule has 0 atom stereocenters. The summed E-state index contributed by atoms with van der Waals surface area (Å²) in [4.78, 5) is 12.2. The molecular weight excluding hydrogens is 330 g/mol. The fourth-order valence-corrected chi connectivity index (χ4v) is 3.17. The van der Waals surface area contributed by atoms with Crippen molar-refractivity contribution >= 4 is 21.6 Å². The summed E-state index contributed by atoms with van der Waals surface area (Å²) in [7, 11) is -3.96. The maximum absolute atomic E-state index is 12.3. The molecule has 2 heterocycles. The van der Waals surface area contributed by atoms with E-state index in [0.29, 0.717) is 18.0 Å². The molecule has 3 rings (SSSR count). The van der Waals surface area contributed by atoms with Crippen molar-refractivity contribution in [2.24, 2.45) is 5.73 Å². The van der Waals surface area contributed by atoms with E-state index in [4.69, 9.17) is 5.73 Å². The lowest BCUT2D eigenvalue weighted by Gasteiger charge is -2.08. The Morgan fingerprint density at radius 1 is 1.21 bits per heavy atom. The van der Waals surface area contributed by atoms with Gasteiger partial charge in [0.15, 0.2) is 5.65 Å². The van der Waals surface area contributed by atoms with Gasteiger partial charge in [0, 0.05) is 18.3 Å². The van der Waals surface area contributed by atoms with Crippen LogP contribution in [0.5, 0.6) is 0 Å². The Morgan fingerprint density at radius 3 is 2.58 bits per heavy atom. The molecule has 3 aromatic rings. The summed E-state index contributed by atoms with van der Waals surface area (Å²) in [5.74, 6) is -0.0642. The molecule has 1 aromatic carbocycles. The fourth-order valence-electron chi connectivity index (χ4n) is 2.20. The van der Waals surface area contributed by atoms with Crippen LogP contribution in [-0.2, 0) is 16.6 Å². The summed E-state index contributed by atoms with van der Waals surface area (Å²) in [5, 5.41) is 7.79. The standard InChI is InChI=1S/C15H15N5O3S/c1-10-17-18-14-8-12(6-7-20(10)14)15(21)19-24(22,23)13-4-2-11(9-16)3-5-13/h2-8H,9,16H2,1H3,(H,19,21). The monoisotopic (exact) mass is 345 g/mol. The summed E-state index contributed by atoms with van der Waals surface area (Å²) in [6.07, 6.45) is 1.61. The second-order valence-electron chi connectivity index (χ2n) is 5.17. The zero-order chi connectivity index (χ0) is 17.3. The molecule has 0 aliphatic rings. The lowest BCUT2D eigenvalue weighted by atomic mass is 10.2. The Kier molecular flexibility index (Phi) is 4.04. The molecule has 3 N–H and O–H groups in total. The van der Waals surface area contributed by atoms with Gasteiger partial charge in [-0.15, -0.1) is 10.2 Å². The van der Waals surface area contributed by atoms with Crippen molar-refractivity contribution in [3.05, 3.63) is 59.5 Å². The molecule has 24 heavy (non-hydrogen) atoms. The Bertz CT molecular complexity index is 1010. The predicted molar refractivity (Wildman–Crippen MR) is 86.7 cm³/mol. The number of rotatable bonds is 4. The van der Waals surface area contributed by atoms with Crippen LogP contribution < -0.4 is 10.5 Å². The van der Waals surface area contributed by atoms with Crippen LogP contribution in [0.3, 0.4) is 0 Å². The summed E-state index contributed by atoms with van der Waals surface area (Å²) < 4.78 is 28.3. The Balaban J connectivity index is 1.85. The van der Waals surface area contributed by atoms with Gasteiger partial charge in [-0.1, -0.05) is 12.1 Å². The van der Waals surface area contributed by atoms with Crippen LogP contribution in [0, 0.1) is 6.92 Å². The summed E-state index contributed by atoms with van der Waals surface area (Å²) in [6, 6.07) is 8.99. The normalized spacial score (nSPS) is 11.6. The van der Waals surface area contributed by atoms with Crippen molar-refractivity contribution in [2.75, 3.05) is 0 Å². The number of aromatic nitrogens is 3. The number of hydrogen-bond donors (Lipinski definition) is 2. The molecule has 0 fully saturated rings. The van der Waals surface area contributed by atoms with E-state index in [9.17, 15) is 13.2 Å². The highest BCUT2D eigenvalue weighted by Crippen LogP contribution is 2.12. The van der Waals surface area contributed by atoms with Gasteiger partial charge in [-0.3, -0.25) is 9.20 Å². The SMILES string of the molecule is Cc1nnc2cc(C(=O)NS(=O)(=O)c3ccc(CN)cc3)ccn12. The molecule has 1 amide bonds. The lowest BCUT2D eigenvalue weighted by molar-refractivity contribution is 0.0981. The van der Waals surface area contributed by atoms with Crippen molar-refractivity contribution < 1.29 is 13.2 Å². The number of fused-ring (bicyclic) bond motifs is 1. The third kappa shape index (κ3) is 2.99. The highest BCUT2D eigenvalue weighted by Gasteiger charge is 2.19. The molecule has 2 aromatic heterocycles. The van der Waals surface area contributed by atoms with Crippen molar-refractivity contribution in [1.29, 1.82) is 0 Å². The molecular formula is C15H15N5O3S. The van der Waals surface area contributed by atoms with Gasteiger partial charge in [0.05, 0.1) is 4.90 Å². The van der Waals surface area contributed by atoms with Gasteiger partial charge in [0.2, 0.25) is 0 Å². The molecule has 0 aliphatic heterocycles. The Hall–Kier alpha value is -2.78. The van der Waals surface area contributed by atoms with Crippen molar-refractivity contribution in [3.63, 3.8) is 0 Å². The van der Waals surface area contributed by atoms with E-state index in [0.717, 1.165) is 5.56 Å². The van der Waals surface area contributed by atoms with Gasteiger partial charge >= 0.3 is 0 Å². The molecule has 8 nitrogen and oxygen atoms in total. The first-order valence-electron chi connectivity index (χ1n) is 7.08. The van der Waals surface area contributed by atoms with Crippen LogP contribution in [0.4, 0.5) is 0 Å². The summed E-state index contributed by atoms with van der Waals surface area (Å²) >= 11 is 0. The van der Waals surface area contributed by atoms with Gasteiger partial charge < -0.3 is 5.73 Å². The first-order valence-corrected chi connectivity index (χ1v) is 8.56. The summed E-state index contributed by atoms with van der Waals surface area (Å²) in [5.41, 5.74) is 6.92. The van der Waals surface area contributed by atoms with E-state index in [1.54, 1.807) is 29.7 Å². The largest absolute Gasteiger partial charge is 0.326 e. The van der Waals surface area contributed by atoms with E-state index in [-0.39, 0.29) is 10.5 Å². The van der Waals surface area contributed by atoms with Gasteiger partial charge in [0.25, 0.3) is 15.9 Å². The Labute approximate surface area is 138 Å². The number of sulfonamides is 1. The van der Waals surface area contributed by atoms with Crippen LogP contribution in [0.15, 0.2) is 47.5 Å². The van der Waals surface area contributed by atoms with Crippen molar-refractivity contribution in [2.45, 2.75) is 18.4 Å². The second-order valence-corrected chi connectivity index (χ2v) is 6.86. The number of amides is 1. The summed E-state index contributed by atoms with van der Waals surface area (Å²) in [6.45, 7) is 2.08. The highest BCUT2D eigenvalue weighted by molar-refractivity contribution is 7.90. The van der Waals surface area contributed by atoms with Crippen molar-refractivity contribution in [3.8, 4) is 0 Å². The molecule has 0 saturated carbocycles. The van der Waals surface area contributed by atoms with Gasteiger partial charge in [-0.25, -0.2) is 13.1 Å². The first-order chi connectivity index (χ1) is 11.4. The predicted octanol–water partition coefficient (Wildman–Crippen LogP) is 0.615. The van der Waals surface area contributed by atoms with Crippen LogP contribution in [0.25, 0.3) is 5.65 Å². The number of nitrogens with one attached hydrogen (secondary N) is 1. The number of carbonyl (C=O) groups excluding carboxylic acids is 1. The topological polar surface area (TPSA) is 119 Å². The quantitative estimate of drug-likeness (QED) is 0.715. The average Bonchev–Trinajstić information content (AvgIpc) is 2.95. The number of aryl methyl sites for hydroxylation is 1. The van der Waals surface area contributed by atoms with E-state index < -0.39 is 15.9 Å². The van der Waals surface area contributed by atoms with Crippen molar-refractivity contribution in [1.82, 2.24) is 19.3 Å². The number of benzene rings is 1. The van der Waals surface area contributed by atoms with Gasteiger partial charge in [-0.05, 0) is 36.8 Å². The van der Waals surface area contributed by atoms with E-state index in [2.05, 4.69) is 10.2 Å². The third-order valence-corrected chi connectivity index (χ3v) is 4.89. The second kappa shape index (κ2) is 6.02. The number of nitrogens with zero attached hydrogens (tertiary/aromatic N) is 3. The van der Waals surface area contributed by atoms with Gasteiger partial charge in [-0.2, -0.15) is 0 Å². The molecule has 0 aliphatic carbocycles. The number of pyridine rings is 1. The first kappa shape index (κ1) is 16.1. The lowest BCUT2D eigenvalue weighted by Crippen LogP contribution is -2.30. The van der Waals surface area contributed by atoms with E-state index in [1.165, 1.54) is 24.3 Å². The van der Waals surface area contributed by atoms with Crippen LogP contribution in [-0.4, -0.2) is 28.9 Å². The minimum Gasteiger partial charge on any atom is -0.326 e. The zero-order valence-corrected chi connectivity index (χ0v) is 13.6. The van der Waals surface area contributed by atoms with Crippen LogP contribution in [0.2, 0.25) is 0 Å². The maximum atomic E-state index is 12.3. The van der Waals surface area contributed by atoms with E-state index >= 15 is 0 Å². The number of hydrogen-bond acceptors (Lipinski definition) is 6. The molecule has 124 valence electrons. The molecule has 0 saturated heterocycles. The fraction of sp³-hybridized carbons (Fsp3) is 0.133. The minimum absolute atomic E-state index is 0.00699. The minimum atomic E-state index is -3.96. The molecule has 0 spiro atoms. The van der Waals surface area contributed by atoms with E-state index in [1.807, 2.05) is 4.72 Å². The Morgan fingerprint density at radius 2 is 1.92 bits per heavy atom. The third-order valence-electron chi connectivity index (χ3n) is 3.54. The average molecular weight is 345 g/mol.